The number of fused-ring (bicyclic) bond motifs is 9. The molecule has 1 amide bonds. The smallest absolute Gasteiger partial charge is 0.260 e. The van der Waals surface area contributed by atoms with Crippen LogP contribution in [0.25, 0.3) is 0 Å². The van der Waals surface area contributed by atoms with Gasteiger partial charge in [-0.25, -0.2) is 0 Å². The Labute approximate surface area is 197 Å². The number of piperidine rings is 1. The Hall–Kier alpha value is -2.57. The molecular weight excluding hydrogens is 416 g/mol. The molecule has 0 aliphatic carbocycles. The lowest BCUT2D eigenvalue weighted by molar-refractivity contribution is -0.133. The first-order valence-electron chi connectivity index (χ1n) is 12.2. The van der Waals surface area contributed by atoms with Gasteiger partial charge in [-0.05, 0) is 62.4 Å². The average molecular weight is 453 g/mol. The van der Waals surface area contributed by atoms with Crippen molar-refractivity contribution >= 4 is 5.91 Å². The number of amides is 1. The predicted octanol–water partition coefficient (Wildman–Crippen LogP) is 3.73. The van der Waals surface area contributed by atoms with Gasteiger partial charge in [-0.2, -0.15) is 0 Å². The van der Waals surface area contributed by atoms with Crippen molar-refractivity contribution in [1.29, 1.82) is 0 Å². The molecule has 3 heterocycles. The number of aliphatic hydroxyl groups is 1. The van der Waals surface area contributed by atoms with Gasteiger partial charge >= 0.3 is 0 Å². The molecule has 5 rings (SSSR count). The monoisotopic (exact) mass is 452 g/mol. The van der Waals surface area contributed by atoms with Crippen LogP contribution in [0.1, 0.15) is 37.7 Å². The molecule has 2 aromatic carbocycles. The minimum atomic E-state index is -0.0241. The Balaban J connectivity index is 1.44. The SMILES string of the molecule is O=C(COc1ccccc1)N1CCCCC2(CO)CCN(CC2)Cc2ccccc2OCC1. The summed E-state index contributed by atoms with van der Waals surface area (Å²) in [6, 6.07) is 17.6. The van der Waals surface area contributed by atoms with E-state index in [-0.39, 0.29) is 24.5 Å². The molecule has 1 saturated heterocycles. The number of carbonyl (C=O) groups excluding carboxylic acids is 1. The summed E-state index contributed by atoms with van der Waals surface area (Å²) in [6.07, 6.45) is 4.96. The predicted molar refractivity (Wildman–Crippen MR) is 128 cm³/mol. The van der Waals surface area contributed by atoms with Gasteiger partial charge in [0.2, 0.25) is 0 Å². The molecule has 2 bridgehead atoms. The van der Waals surface area contributed by atoms with Gasteiger partial charge in [-0.1, -0.05) is 42.8 Å². The summed E-state index contributed by atoms with van der Waals surface area (Å²) < 4.78 is 11.9. The quantitative estimate of drug-likeness (QED) is 0.766. The topological polar surface area (TPSA) is 62.2 Å². The maximum atomic E-state index is 13.0. The Morgan fingerprint density at radius 1 is 0.939 bits per heavy atom. The van der Waals surface area contributed by atoms with Crippen molar-refractivity contribution in [3.05, 3.63) is 60.2 Å². The van der Waals surface area contributed by atoms with Gasteiger partial charge in [0.05, 0.1) is 6.54 Å². The first-order chi connectivity index (χ1) is 16.2. The van der Waals surface area contributed by atoms with Crippen LogP contribution in [0.5, 0.6) is 11.5 Å². The van der Waals surface area contributed by atoms with E-state index in [4.69, 9.17) is 9.47 Å². The van der Waals surface area contributed by atoms with Gasteiger partial charge in [-0.15, -0.1) is 0 Å². The van der Waals surface area contributed by atoms with Crippen molar-refractivity contribution in [3.63, 3.8) is 0 Å². The minimum absolute atomic E-state index is 0.0119. The van der Waals surface area contributed by atoms with E-state index in [9.17, 15) is 9.90 Å². The second-order valence-electron chi connectivity index (χ2n) is 9.33. The highest BCUT2D eigenvalue weighted by molar-refractivity contribution is 5.77. The number of carbonyl (C=O) groups is 1. The molecular formula is C27H36N2O4. The fourth-order valence-corrected chi connectivity index (χ4v) is 4.87. The zero-order valence-corrected chi connectivity index (χ0v) is 19.5. The van der Waals surface area contributed by atoms with Crippen molar-refractivity contribution < 1.29 is 19.4 Å². The lowest BCUT2D eigenvalue weighted by atomic mass is 9.75. The molecule has 3 aliphatic rings. The van der Waals surface area contributed by atoms with Crippen LogP contribution < -0.4 is 9.47 Å². The largest absolute Gasteiger partial charge is 0.491 e. The maximum absolute atomic E-state index is 13.0. The van der Waals surface area contributed by atoms with Gasteiger partial charge in [-0.3, -0.25) is 9.69 Å². The molecule has 3 aliphatic heterocycles. The molecule has 0 unspecified atom stereocenters. The van der Waals surface area contributed by atoms with Crippen molar-refractivity contribution in [2.24, 2.45) is 5.41 Å². The van der Waals surface area contributed by atoms with Crippen molar-refractivity contribution in [1.82, 2.24) is 9.80 Å². The van der Waals surface area contributed by atoms with Crippen LogP contribution in [0.3, 0.4) is 0 Å². The van der Waals surface area contributed by atoms with Crippen molar-refractivity contribution in [2.45, 2.75) is 38.6 Å². The molecule has 6 heteroatoms. The Morgan fingerprint density at radius 2 is 1.70 bits per heavy atom. The lowest BCUT2D eigenvalue weighted by Crippen LogP contribution is -2.41. The maximum Gasteiger partial charge on any atom is 0.260 e. The fraction of sp³-hybridized carbons (Fsp3) is 0.519. The normalized spacial score (nSPS) is 24.2. The number of rotatable bonds is 4. The number of ether oxygens (including phenoxy) is 2. The van der Waals surface area contributed by atoms with Crippen LogP contribution in [0, 0.1) is 5.41 Å². The Morgan fingerprint density at radius 3 is 2.48 bits per heavy atom. The molecule has 178 valence electrons. The number of benzene rings is 2. The van der Waals surface area contributed by atoms with E-state index >= 15 is 0 Å². The zero-order valence-electron chi connectivity index (χ0n) is 19.5. The molecule has 0 aromatic heterocycles. The van der Waals surface area contributed by atoms with Crippen LogP contribution in [-0.4, -0.2) is 66.8 Å². The van der Waals surface area contributed by atoms with Gasteiger partial charge in [0, 0.05) is 25.3 Å². The summed E-state index contributed by atoms with van der Waals surface area (Å²) in [5, 5.41) is 10.2. The van der Waals surface area contributed by atoms with E-state index in [1.807, 2.05) is 47.4 Å². The molecule has 2 aromatic rings. The highest BCUT2D eigenvalue weighted by Gasteiger charge is 2.33. The van der Waals surface area contributed by atoms with Gasteiger partial charge in [0.15, 0.2) is 6.61 Å². The van der Waals surface area contributed by atoms with E-state index in [1.165, 1.54) is 5.56 Å². The summed E-state index contributed by atoms with van der Waals surface area (Å²) in [7, 11) is 0. The van der Waals surface area contributed by atoms with E-state index in [1.54, 1.807) is 0 Å². The molecule has 0 spiro atoms. The van der Waals surface area contributed by atoms with E-state index in [0.29, 0.717) is 25.4 Å². The van der Waals surface area contributed by atoms with Crippen LogP contribution >= 0.6 is 0 Å². The van der Waals surface area contributed by atoms with Crippen molar-refractivity contribution in [2.75, 3.05) is 46.0 Å². The molecule has 0 atom stereocenters. The van der Waals surface area contributed by atoms with E-state index in [0.717, 1.165) is 57.5 Å². The summed E-state index contributed by atoms with van der Waals surface area (Å²) >= 11 is 0. The third-order valence-corrected chi connectivity index (χ3v) is 7.08. The molecule has 33 heavy (non-hydrogen) atoms. The standard InChI is InChI=1S/C27H36N2O4/c30-22-27-12-6-7-15-29(26(31)21-33-24-9-2-1-3-10-24)18-19-32-25-11-5-4-8-23(25)20-28(16-13-27)17-14-27/h1-5,8-11,30H,6-7,12-22H2. The Kier molecular flexibility index (Phi) is 8.24. The first-order valence-corrected chi connectivity index (χ1v) is 12.2. The first kappa shape index (κ1) is 23.6. The van der Waals surface area contributed by atoms with Crippen LogP contribution in [0.4, 0.5) is 0 Å². The molecule has 0 radical (unpaired) electrons. The number of hydrogen-bond acceptors (Lipinski definition) is 5. The summed E-state index contributed by atoms with van der Waals surface area (Å²) in [6.45, 7) is 4.77. The van der Waals surface area contributed by atoms with Crippen LogP contribution in [0.2, 0.25) is 0 Å². The van der Waals surface area contributed by atoms with Gasteiger partial charge in [0.25, 0.3) is 5.91 Å². The van der Waals surface area contributed by atoms with E-state index < -0.39 is 0 Å². The molecule has 1 N–H and O–H groups in total. The zero-order chi connectivity index (χ0) is 22.9. The summed E-state index contributed by atoms with van der Waals surface area (Å²) in [5.41, 5.74) is 1.19. The fourth-order valence-electron chi connectivity index (χ4n) is 4.87. The average Bonchev–Trinajstić information content (AvgIpc) is 2.87. The van der Waals surface area contributed by atoms with Crippen LogP contribution in [0.15, 0.2) is 54.6 Å². The highest BCUT2D eigenvalue weighted by Crippen LogP contribution is 2.37. The number of aliphatic hydroxyl groups excluding tert-OH is 1. The summed E-state index contributed by atoms with van der Waals surface area (Å²) in [4.78, 5) is 17.3. The third kappa shape index (κ3) is 6.49. The minimum Gasteiger partial charge on any atom is -0.491 e. The van der Waals surface area contributed by atoms with E-state index in [2.05, 4.69) is 17.0 Å². The lowest BCUT2D eigenvalue weighted by Gasteiger charge is -2.41. The Bertz CT molecular complexity index is 881. The summed E-state index contributed by atoms with van der Waals surface area (Å²) in [5.74, 6) is 1.56. The molecule has 6 nitrogen and oxygen atoms in total. The van der Waals surface area contributed by atoms with Crippen molar-refractivity contribution in [3.8, 4) is 11.5 Å². The third-order valence-electron chi connectivity index (χ3n) is 7.08. The second-order valence-corrected chi connectivity index (χ2v) is 9.33. The van der Waals surface area contributed by atoms with Gasteiger partial charge in [0.1, 0.15) is 18.1 Å². The second kappa shape index (κ2) is 11.5. The number of para-hydroxylation sites is 2. The van der Waals surface area contributed by atoms with Gasteiger partial charge < -0.3 is 19.5 Å². The number of nitrogens with zero attached hydrogens (tertiary/aromatic N) is 2. The number of hydrogen-bond donors (Lipinski definition) is 1. The highest BCUT2D eigenvalue weighted by atomic mass is 16.5. The molecule has 0 saturated carbocycles. The molecule has 1 fully saturated rings. The van der Waals surface area contributed by atoms with Crippen LogP contribution in [-0.2, 0) is 11.3 Å².